The van der Waals surface area contributed by atoms with E-state index >= 15 is 0 Å². The number of amides is 1. The maximum absolute atomic E-state index is 10.5. The first-order valence-corrected chi connectivity index (χ1v) is 4.25. The Labute approximate surface area is 81.5 Å². The fourth-order valence-corrected chi connectivity index (χ4v) is 1.25. The molecular weight excluding hydrogens is 186 g/mol. The van der Waals surface area contributed by atoms with Crippen molar-refractivity contribution in [1.29, 1.82) is 0 Å². The number of hydrogen-bond acceptors (Lipinski definition) is 2. The summed E-state index contributed by atoms with van der Waals surface area (Å²) in [6.07, 6.45) is 2.11. The van der Waals surface area contributed by atoms with E-state index in [4.69, 9.17) is 23.7 Å². The molecule has 1 amide bonds. The molecule has 0 aliphatic heterocycles. The van der Waals surface area contributed by atoms with Crippen molar-refractivity contribution in [1.82, 2.24) is 4.57 Å². The normalized spacial score (nSPS) is 9.85. The minimum absolute atomic E-state index is 0.296. The van der Waals surface area contributed by atoms with E-state index in [0.717, 1.165) is 5.69 Å². The topological polar surface area (TPSA) is 74.0 Å². The summed E-state index contributed by atoms with van der Waals surface area (Å²) in [4.78, 5) is 10.8. The summed E-state index contributed by atoms with van der Waals surface area (Å²) in [5, 5.41) is 0. The minimum Gasteiger partial charge on any atom is -0.388 e. The van der Waals surface area contributed by atoms with Gasteiger partial charge in [0.15, 0.2) is 0 Å². The highest BCUT2D eigenvalue weighted by Gasteiger charge is 2.03. The molecule has 0 saturated carbocycles. The van der Waals surface area contributed by atoms with E-state index in [9.17, 15) is 4.79 Å². The van der Waals surface area contributed by atoms with Crippen molar-refractivity contribution < 1.29 is 4.79 Å². The van der Waals surface area contributed by atoms with Crippen LogP contribution in [0.25, 0.3) is 0 Å². The quantitative estimate of drug-likeness (QED) is 0.667. The Morgan fingerprint density at radius 3 is 2.77 bits per heavy atom. The van der Waals surface area contributed by atoms with Crippen LogP contribution in [-0.2, 0) is 11.3 Å². The van der Waals surface area contributed by atoms with Crippen LogP contribution in [-0.4, -0.2) is 15.5 Å². The molecule has 0 unspecified atom stereocenters. The number of carbonyl (C=O) groups is 1. The summed E-state index contributed by atoms with van der Waals surface area (Å²) in [5.41, 5.74) is 11.2. The lowest BCUT2D eigenvalue weighted by atomic mass is 10.4. The highest BCUT2D eigenvalue weighted by Crippen LogP contribution is 2.02. The van der Waals surface area contributed by atoms with Crippen LogP contribution in [0.3, 0.4) is 0 Å². The Kier molecular flexibility index (Phi) is 3.02. The molecule has 0 radical (unpaired) electrons. The highest BCUT2D eigenvalue weighted by atomic mass is 32.1. The van der Waals surface area contributed by atoms with Crippen molar-refractivity contribution in [2.24, 2.45) is 11.5 Å². The molecule has 0 aliphatic carbocycles. The number of hydrogen-bond donors (Lipinski definition) is 2. The van der Waals surface area contributed by atoms with Crippen LogP contribution in [0.2, 0.25) is 0 Å². The second-order valence-corrected chi connectivity index (χ2v) is 3.11. The molecule has 0 atom stereocenters. The molecule has 0 spiro atoms. The average molecular weight is 197 g/mol. The Morgan fingerprint density at radius 2 is 2.23 bits per heavy atom. The van der Waals surface area contributed by atoms with Crippen LogP contribution in [0.1, 0.15) is 12.1 Å². The van der Waals surface area contributed by atoms with E-state index in [1.807, 2.05) is 22.9 Å². The van der Waals surface area contributed by atoms with E-state index in [0.29, 0.717) is 18.0 Å². The van der Waals surface area contributed by atoms with E-state index in [-0.39, 0.29) is 5.91 Å². The lowest BCUT2D eigenvalue weighted by molar-refractivity contribution is -0.118. The van der Waals surface area contributed by atoms with Gasteiger partial charge < -0.3 is 16.0 Å². The molecule has 1 heterocycles. The zero-order valence-corrected chi connectivity index (χ0v) is 7.88. The number of nitrogens with two attached hydrogens (primary N) is 2. The summed E-state index contributed by atoms with van der Waals surface area (Å²) in [5.74, 6) is -0.331. The van der Waals surface area contributed by atoms with Gasteiger partial charge in [-0.2, -0.15) is 0 Å². The van der Waals surface area contributed by atoms with Crippen LogP contribution >= 0.6 is 12.2 Å². The fraction of sp³-hybridized carbons (Fsp3) is 0.250. The van der Waals surface area contributed by atoms with Gasteiger partial charge in [-0.25, -0.2) is 0 Å². The Morgan fingerprint density at radius 1 is 1.54 bits per heavy atom. The predicted molar refractivity (Wildman–Crippen MR) is 54.1 cm³/mol. The molecule has 5 heteroatoms. The first kappa shape index (κ1) is 9.73. The maximum atomic E-state index is 10.5. The van der Waals surface area contributed by atoms with Crippen molar-refractivity contribution in [2.75, 3.05) is 0 Å². The van der Waals surface area contributed by atoms with Gasteiger partial charge in [-0.3, -0.25) is 4.79 Å². The SMILES string of the molecule is NC(=O)CCn1cccc1C(N)=S. The van der Waals surface area contributed by atoms with E-state index in [1.165, 1.54) is 0 Å². The molecule has 13 heavy (non-hydrogen) atoms. The monoisotopic (exact) mass is 197 g/mol. The second-order valence-electron chi connectivity index (χ2n) is 2.67. The van der Waals surface area contributed by atoms with Gasteiger partial charge in [0.2, 0.25) is 5.91 Å². The van der Waals surface area contributed by atoms with Gasteiger partial charge in [-0.05, 0) is 12.1 Å². The largest absolute Gasteiger partial charge is 0.388 e. The Bertz CT molecular complexity index is 332. The van der Waals surface area contributed by atoms with Crippen molar-refractivity contribution in [3.05, 3.63) is 24.0 Å². The lowest BCUT2D eigenvalue weighted by Gasteiger charge is -2.05. The molecule has 4 nitrogen and oxygen atoms in total. The van der Waals surface area contributed by atoms with Gasteiger partial charge >= 0.3 is 0 Å². The van der Waals surface area contributed by atoms with Crippen LogP contribution in [0, 0.1) is 0 Å². The van der Waals surface area contributed by atoms with Crippen LogP contribution in [0.5, 0.6) is 0 Å². The molecule has 0 bridgehead atoms. The predicted octanol–water partition coefficient (Wildman–Crippen LogP) is -0.00230. The first-order chi connectivity index (χ1) is 6.11. The summed E-state index contributed by atoms with van der Waals surface area (Å²) in [6, 6.07) is 3.64. The molecule has 0 saturated heterocycles. The molecule has 1 aromatic heterocycles. The number of aromatic nitrogens is 1. The van der Waals surface area contributed by atoms with Gasteiger partial charge in [-0.1, -0.05) is 12.2 Å². The summed E-state index contributed by atoms with van der Waals surface area (Å²) in [7, 11) is 0. The average Bonchev–Trinajstić information content (AvgIpc) is 2.47. The van der Waals surface area contributed by atoms with Gasteiger partial charge in [0.05, 0.1) is 5.69 Å². The highest BCUT2D eigenvalue weighted by molar-refractivity contribution is 7.80. The molecule has 4 N–H and O–H groups in total. The van der Waals surface area contributed by atoms with E-state index in [1.54, 1.807) is 0 Å². The van der Waals surface area contributed by atoms with Gasteiger partial charge in [0.1, 0.15) is 4.99 Å². The number of rotatable bonds is 4. The van der Waals surface area contributed by atoms with Crippen LogP contribution in [0.4, 0.5) is 0 Å². The number of primary amides is 1. The molecule has 70 valence electrons. The van der Waals surface area contributed by atoms with E-state index < -0.39 is 0 Å². The summed E-state index contributed by atoms with van der Waals surface area (Å²) < 4.78 is 1.81. The summed E-state index contributed by atoms with van der Waals surface area (Å²) in [6.45, 7) is 0.523. The molecule has 1 aromatic rings. The van der Waals surface area contributed by atoms with E-state index in [2.05, 4.69) is 0 Å². The molecule has 0 aliphatic rings. The maximum Gasteiger partial charge on any atom is 0.219 e. The molecule has 1 rings (SSSR count). The Hall–Kier alpha value is -1.36. The summed E-state index contributed by atoms with van der Waals surface area (Å²) >= 11 is 4.82. The molecule has 0 aromatic carbocycles. The van der Waals surface area contributed by atoms with Crippen molar-refractivity contribution in [2.45, 2.75) is 13.0 Å². The first-order valence-electron chi connectivity index (χ1n) is 3.84. The lowest BCUT2D eigenvalue weighted by Crippen LogP contribution is -2.18. The number of nitrogens with zero attached hydrogens (tertiary/aromatic N) is 1. The smallest absolute Gasteiger partial charge is 0.219 e. The zero-order valence-electron chi connectivity index (χ0n) is 7.06. The van der Waals surface area contributed by atoms with Crippen molar-refractivity contribution in [3.8, 4) is 0 Å². The van der Waals surface area contributed by atoms with Crippen LogP contribution < -0.4 is 11.5 Å². The molecule has 0 fully saturated rings. The third-order valence-electron chi connectivity index (χ3n) is 1.68. The zero-order chi connectivity index (χ0) is 9.84. The fourth-order valence-electron chi connectivity index (χ4n) is 1.06. The van der Waals surface area contributed by atoms with Crippen molar-refractivity contribution in [3.63, 3.8) is 0 Å². The third-order valence-corrected chi connectivity index (χ3v) is 1.89. The van der Waals surface area contributed by atoms with Gasteiger partial charge in [-0.15, -0.1) is 0 Å². The van der Waals surface area contributed by atoms with Crippen LogP contribution in [0.15, 0.2) is 18.3 Å². The standard InChI is InChI=1S/C8H11N3OS/c9-7(12)3-5-11-4-1-2-6(11)8(10)13/h1-2,4H,3,5H2,(H2,9,12)(H2,10,13). The number of thiocarbonyl (C=S) groups is 1. The van der Waals surface area contributed by atoms with Gasteiger partial charge in [0.25, 0.3) is 0 Å². The van der Waals surface area contributed by atoms with Crippen molar-refractivity contribution >= 4 is 23.1 Å². The number of aryl methyl sites for hydroxylation is 1. The Balaban J connectivity index is 2.71. The molecular formula is C8H11N3OS. The minimum atomic E-state index is -0.331. The second kappa shape index (κ2) is 4.04. The van der Waals surface area contributed by atoms with Gasteiger partial charge in [0, 0.05) is 19.2 Å². The third kappa shape index (κ3) is 2.55. The number of carbonyl (C=O) groups excluding carboxylic acids is 1.